The smallest absolute Gasteiger partial charge is 0.229 e. The third kappa shape index (κ3) is 4.38. The number of benzene rings is 1. The molecule has 0 bridgehead atoms. The highest BCUT2D eigenvalue weighted by atomic mass is 16.5. The minimum atomic E-state index is -0.0461. The van der Waals surface area contributed by atoms with Crippen LogP contribution in [0.3, 0.4) is 0 Å². The summed E-state index contributed by atoms with van der Waals surface area (Å²) in [5, 5.41) is 11.8. The summed E-state index contributed by atoms with van der Waals surface area (Å²) in [4.78, 5) is 14.9. The van der Waals surface area contributed by atoms with E-state index in [4.69, 9.17) is 4.74 Å². The summed E-state index contributed by atoms with van der Waals surface area (Å²) in [5.74, 6) is 2.31. The molecule has 0 radical (unpaired) electrons. The Morgan fingerprint density at radius 2 is 1.96 bits per heavy atom. The predicted octanol–water partition coefficient (Wildman–Crippen LogP) is 3.61. The molecule has 2 aliphatic rings. The fraction of sp³-hybridized carbons (Fsp3) is 0.476. The third-order valence-corrected chi connectivity index (χ3v) is 5.22. The normalized spacial score (nSPS) is 19.6. The van der Waals surface area contributed by atoms with Crippen molar-refractivity contribution in [2.75, 3.05) is 29.9 Å². The lowest BCUT2D eigenvalue weighted by Crippen LogP contribution is -2.41. The topological polar surface area (TPSA) is 67.3 Å². The maximum absolute atomic E-state index is 12.7. The molecule has 1 aliphatic heterocycles. The monoisotopic (exact) mass is 366 g/mol. The Hall–Kier alpha value is -2.63. The average molecular weight is 366 g/mol. The van der Waals surface area contributed by atoms with E-state index in [1.807, 2.05) is 37.3 Å². The number of nitrogens with one attached hydrogen (secondary N) is 1. The van der Waals surface area contributed by atoms with E-state index in [0.29, 0.717) is 19.1 Å². The van der Waals surface area contributed by atoms with Gasteiger partial charge < -0.3 is 15.0 Å². The molecule has 1 aliphatic carbocycles. The number of piperidine rings is 1. The summed E-state index contributed by atoms with van der Waals surface area (Å²) < 4.78 is 5.44. The van der Waals surface area contributed by atoms with Gasteiger partial charge in [0.2, 0.25) is 5.91 Å². The fourth-order valence-corrected chi connectivity index (χ4v) is 3.55. The Labute approximate surface area is 159 Å². The summed E-state index contributed by atoms with van der Waals surface area (Å²) in [5.41, 5.74) is 1.90. The van der Waals surface area contributed by atoms with E-state index in [0.717, 1.165) is 42.3 Å². The molecule has 1 aromatic carbocycles. The molecule has 6 heteroatoms. The predicted molar refractivity (Wildman–Crippen MR) is 105 cm³/mol. The van der Waals surface area contributed by atoms with Gasteiger partial charge in [0.15, 0.2) is 5.82 Å². The standard InChI is InChI=1S/C21H26N4O2/c1-2-27-18-9-7-17(8-10-18)22-21(26)16-4-3-13-25(14-16)20-12-11-19(23-24-20)15-5-6-15/h7-12,15-16H,2-6,13-14H2,1H3,(H,22,26). The van der Waals surface area contributed by atoms with E-state index in [1.54, 1.807) is 0 Å². The van der Waals surface area contributed by atoms with Crippen LogP contribution in [0, 0.1) is 5.92 Å². The van der Waals surface area contributed by atoms with Gasteiger partial charge in [-0.05, 0) is 69.0 Å². The van der Waals surface area contributed by atoms with Crippen molar-refractivity contribution in [3.63, 3.8) is 0 Å². The number of anilines is 2. The van der Waals surface area contributed by atoms with E-state index >= 15 is 0 Å². The van der Waals surface area contributed by atoms with Crippen LogP contribution in [0.5, 0.6) is 5.75 Å². The van der Waals surface area contributed by atoms with Crippen molar-refractivity contribution in [1.29, 1.82) is 0 Å². The van der Waals surface area contributed by atoms with Crippen LogP contribution < -0.4 is 15.0 Å². The van der Waals surface area contributed by atoms with E-state index in [2.05, 4.69) is 26.5 Å². The Balaban J connectivity index is 1.36. The van der Waals surface area contributed by atoms with Crippen molar-refractivity contribution in [1.82, 2.24) is 10.2 Å². The van der Waals surface area contributed by atoms with Gasteiger partial charge >= 0.3 is 0 Å². The third-order valence-electron chi connectivity index (χ3n) is 5.22. The number of ether oxygens (including phenoxy) is 1. The summed E-state index contributed by atoms with van der Waals surface area (Å²) in [6.45, 7) is 4.19. The Morgan fingerprint density at radius 3 is 2.63 bits per heavy atom. The highest BCUT2D eigenvalue weighted by Gasteiger charge is 2.28. The molecule has 2 fully saturated rings. The molecule has 1 aromatic heterocycles. The van der Waals surface area contributed by atoms with Crippen molar-refractivity contribution < 1.29 is 9.53 Å². The van der Waals surface area contributed by atoms with Crippen LogP contribution in [0.1, 0.15) is 44.2 Å². The number of nitrogens with zero attached hydrogens (tertiary/aromatic N) is 3. The zero-order valence-electron chi connectivity index (χ0n) is 15.7. The summed E-state index contributed by atoms with van der Waals surface area (Å²) >= 11 is 0. The van der Waals surface area contributed by atoms with Crippen LogP contribution in [0.25, 0.3) is 0 Å². The molecule has 1 amide bonds. The van der Waals surface area contributed by atoms with Gasteiger partial charge in [0.1, 0.15) is 5.75 Å². The molecule has 1 saturated carbocycles. The second kappa shape index (κ2) is 7.94. The molecule has 2 heterocycles. The molecule has 4 rings (SSSR count). The first-order chi connectivity index (χ1) is 13.2. The van der Waals surface area contributed by atoms with Crippen LogP contribution in [0.2, 0.25) is 0 Å². The van der Waals surface area contributed by atoms with Crippen molar-refractivity contribution in [3.05, 3.63) is 42.1 Å². The number of carbonyl (C=O) groups excluding carboxylic acids is 1. The van der Waals surface area contributed by atoms with Crippen molar-refractivity contribution in [2.24, 2.45) is 5.92 Å². The summed E-state index contributed by atoms with van der Waals surface area (Å²) in [7, 11) is 0. The molecule has 1 atom stereocenters. The van der Waals surface area contributed by atoms with Gasteiger partial charge in [0, 0.05) is 24.7 Å². The van der Waals surface area contributed by atoms with Gasteiger partial charge in [-0.2, -0.15) is 5.10 Å². The number of amides is 1. The first-order valence-electron chi connectivity index (χ1n) is 9.85. The number of aromatic nitrogens is 2. The van der Waals surface area contributed by atoms with Crippen LogP contribution in [-0.2, 0) is 4.79 Å². The van der Waals surface area contributed by atoms with E-state index in [-0.39, 0.29) is 11.8 Å². The van der Waals surface area contributed by atoms with Crippen molar-refractivity contribution in [2.45, 2.75) is 38.5 Å². The van der Waals surface area contributed by atoms with Gasteiger partial charge in [0.25, 0.3) is 0 Å². The minimum absolute atomic E-state index is 0.0461. The van der Waals surface area contributed by atoms with Gasteiger partial charge in [-0.3, -0.25) is 4.79 Å². The molecule has 27 heavy (non-hydrogen) atoms. The summed E-state index contributed by atoms with van der Waals surface area (Å²) in [6, 6.07) is 11.7. The van der Waals surface area contributed by atoms with Gasteiger partial charge in [-0.25, -0.2) is 0 Å². The second-order valence-electron chi connectivity index (χ2n) is 7.32. The van der Waals surface area contributed by atoms with Crippen LogP contribution in [0.4, 0.5) is 11.5 Å². The number of carbonyl (C=O) groups is 1. The number of hydrogen-bond acceptors (Lipinski definition) is 5. The Bertz CT molecular complexity index is 772. The largest absolute Gasteiger partial charge is 0.494 e. The van der Waals surface area contributed by atoms with Crippen LogP contribution in [0.15, 0.2) is 36.4 Å². The minimum Gasteiger partial charge on any atom is -0.494 e. The van der Waals surface area contributed by atoms with E-state index < -0.39 is 0 Å². The van der Waals surface area contributed by atoms with Gasteiger partial charge in [-0.15, -0.1) is 5.10 Å². The molecule has 0 spiro atoms. The zero-order chi connectivity index (χ0) is 18.6. The highest BCUT2D eigenvalue weighted by Crippen LogP contribution is 2.38. The lowest BCUT2D eigenvalue weighted by molar-refractivity contribution is -0.120. The van der Waals surface area contributed by atoms with E-state index in [1.165, 1.54) is 12.8 Å². The molecule has 142 valence electrons. The fourth-order valence-electron chi connectivity index (χ4n) is 3.55. The van der Waals surface area contributed by atoms with Gasteiger partial charge in [-0.1, -0.05) is 0 Å². The zero-order valence-corrected chi connectivity index (χ0v) is 15.7. The highest BCUT2D eigenvalue weighted by molar-refractivity contribution is 5.93. The quantitative estimate of drug-likeness (QED) is 0.846. The maximum atomic E-state index is 12.7. The molecule has 1 N–H and O–H groups in total. The molecular weight excluding hydrogens is 340 g/mol. The van der Waals surface area contributed by atoms with Crippen molar-refractivity contribution in [3.8, 4) is 5.75 Å². The van der Waals surface area contributed by atoms with E-state index in [9.17, 15) is 4.79 Å². The van der Waals surface area contributed by atoms with Crippen LogP contribution in [-0.4, -0.2) is 35.8 Å². The second-order valence-corrected chi connectivity index (χ2v) is 7.32. The molecule has 1 saturated heterocycles. The molecule has 6 nitrogen and oxygen atoms in total. The number of rotatable bonds is 6. The van der Waals surface area contributed by atoms with Crippen molar-refractivity contribution >= 4 is 17.4 Å². The molecule has 1 unspecified atom stereocenters. The summed E-state index contributed by atoms with van der Waals surface area (Å²) in [6.07, 6.45) is 4.33. The lowest BCUT2D eigenvalue weighted by Gasteiger charge is -2.32. The first kappa shape index (κ1) is 17.8. The average Bonchev–Trinajstić information content (AvgIpc) is 3.55. The van der Waals surface area contributed by atoms with Gasteiger partial charge in [0.05, 0.1) is 18.2 Å². The van der Waals surface area contributed by atoms with Crippen LogP contribution >= 0.6 is 0 Å². The maximum Gasteiger partial charge on any atom is 0.229 e. The Kier molecular flexibility index (Phi) is 5.23. The Morgan fingerprint density at radius 1 is 1.15 bits per heavy atom. The first-order valence-corrected chi connectivity index (χ1v) is 9.85. The lowest BCUT2D eigenvalue weighted by atomic mass is 9.97. The number of hydrogen-bond donors (Lipinski definition) is 1. The SMILES string of the molecule is CCOc1ccc(NC(=O)C2CCCN(c3ccc(C4CC4)nn3)C2)cc1. The molecular formula is C21H26N4O2. The molecule has 2 aromatic rings.